The number of rotatable bonds is 6. The van der Waals surface area contributed by atoms with Gasteiger partial charge in [-0.1, -0.05) is 6.07 Å². The van der Waals surface area contributed by atoms with Gasteiger partial charge in [0.05, 0.1) is 30.6 Å². The van der Waals surface area contributed by atoms with E-state index in [1.807, 2.05) is 48.5 Å². The lowest BCUT2D eigenvalue weighted by Crippen LogP contribution is -2.48. The fourth-order valence-corrected chi connectivity index (χ4v) is 4.80. The van der Waals surface area contributed by atoms with E-state index in [4.69, 9.17) is 4.74 Å². The van der Waals surface area contributed by atoms with Crippen LogP contribution in [-0.2, 0) is 10.0 Å². The van der Waals surface area contributed by atoms with E-state index in [1.165, 1.54) is 10.6 Å². The first kappa shape index (κ1) is 22.1. The molecule has 0 radical (unpaired) electrons. The van der Waals surface area contributed by atoms with Gasteiger partial charge in [0.25, 0.3) is 0 Å². The molecule has 1 fully saturated rings. The molecule has 176 valence electrons. The number of nitrogens with zero attached hydrogens (tertiary/aromatic N) is 6. The van der Waals surface area contributed by atoms with Crippen LogP contribution in [0.15, 0.2) is 60.9 Å². The van der Waals surface area contributed by atoms with Gasteiger partial charge in [-0.15, -0.1) is 0 Å². The molecule has 10 nitrogen and oxygen atoms in total. The molecule has 2 aromatic carbocycles. The number of hydrogen-bond donors (Lipinski definition) is 1. The van der Waals surface area contributed by atoms with Crippen molar-refractivity contribution in [1.29, 1.82) is 0 Å². The summed E-state index contributed by atoms with van der Waals surface area (Å²) in [4.78, 5) is 11.3. The highest BCUT2D eigenvalue weighted by atomic mass is 32.2. The summed E-state index contributed by atoms with van der Waals surface area (Å²) >= 11 is 0. The van der Waals surface area contributed by atoms with E-state index in [9.17, 15) is 8.42 Å². The molecule has 0 unspecified atom stereocenters. The van der Waals surface area contributed by atoms with Gasteiger partial charge in [-0.3, -0.25) is 0 Å². The molecular weight excluding hydrogens is 454 g/mol. The third-order valence-corrected chi connectivity index (χ3v) is 7.11. The number of sulfonamides is 1. The van der Waals surface area contributed by atoms with E-state index in [0.29, 0.717) is 37.8 Å². The van der Waals surface area contributed by atoms with Crippen LogP contribution >= 0.6 is 0 Å². The Morgan fingerprint density at radius 2 is 1.74 bits per heavy atom. The first-order chi connectivity index (χ1) is 16.4. The lowest BCUT2D eigenvalue weighted by molar-refractivity contribution is 0.388. The monoisotopic (exact) mass is 479 g/mol. The van der Waals surface area contributed by atoms with Crippen molar-refractivity contribution in [1.82, 2.24) is 24.1 Å². The normalized spacial score (nSPS) is 14.9. The maximum absolute atomic E-state index is 11.7. The Kier molecular flexibility index (Phi) is 5.80. The predicted molar refractivity (Wildman–Crippen MR) is 132 cm³/mol. The van der Waals surface area contributed by atoms with Crippen LogP contribution in [0.5, 0.6) is 5.75 Å². The van der Waals surface area contributed by atoms with Gasteiger partial charge < -0.3 is 15.0 Å². The van der Waals surface area contributed by atoms with E-state index < -0.39 is 10.0 Å². The molecule has 0 spiro atoms. The molecule has 2 aromatic heterocycles. The molecule has 5 rings (SSSR count). The highest BCUT2D eigenvalue weighted by Gasteiger charge is 2.23. The van der Waals surface area contributed by atoms with Crippen LogP contribution < -0.4 is 15.0 Å². The van der Waals surface area contributed by atoms with Gasteiger partial charge in [0.15, 0.2) is 5.65 Å². The van der Waals surface area contributed by atoms with E-state index in [0.717, 1.165) is 28.2 Å². The van der Waals surface area contributed by atoms with Crippen LogP contribution in [0.3, 0.4) is 0 Å². The maximum Gasteiger partial charge on any atom is 0.229 e. The lowest BCUT2D eigenvalue weighted by atomic mass is 10.2. The molecule has 1 aliphatic heterocycles. The molecule has 1 aliphatic rings. The fraction of sp³-hybridized carbons (Fsp3) is 0.261. The molecule has 4 aromatic rings. The van der Waals surface area contributed by atoms with Gasteiger partial charge in [-0.25, -0.2) is 18.1 Å². The number of ether oxygens (including phenoxy) is 1. The molecule has 0 saturated carbocycles. The van der Waals surface area contributed by atoms with Crippen LogP contribution in [0.25, 0.3) is 16.7 Å². The minimum absolute atomic E-state index is 0.465. The average molecular weight is 480 g/mol. The number of piperazine rings is 1. The highest BCUT2D eigenvalue weighted by molar-refractivity contribution is 7.88. The van der Waals surface area contributed by atoms with Crippen LogP contribution in [0, 0.1) is 0 Å². The summed E-state index contributed by atoms with van der Waals surface area (Å²) in [7, 11) is -1.51. The van der Waals surface area contributed by atoms with Gasteiger partial charge in [-0.2, -0.15) is 14.4 Å². The number of fused-ring (bicyclic) bond motifs is 1. The highest BCUT2D eigenvalue weighted by Crippen LogP contribution is 2.24. The van der Waals surface area contributed by atoms with Crippen molar-refractivity contribution in [3.63, 3.8) is 0 Å². The summed E-state index contributed by atoms with van der Waals surface area (Å²) in [5.74, 6) is 1.21. The smallest absolute Gasteiger partial charge is 0.229 e. The van der Waals surface area contributed by atoms with Crippen LogP contribution in [0.1, 0.15) is 0 Å². The summed E-state index contributed by atoms with van der Waals surface area (Å²) in [5, 5.41) is 8.54. The van der Waals surface area contributed by atoms with Gasteiger partial charge in [0.1, 0.15) is 5.75 Å². The number of nitrogens with one attached hydrogen (secondary N) is 1. The molecule has 0 aliphatic carbocycles. The third kappa shape index (κ3) is 4.52. The van der Waals surface area contributed by atoms with Gasteiger partial charge in [0.2, 0.25) is 16.0 Å². The number of benzene rings is 2. The first-order valence-electron chi connectivity index (χ1n) is 10.8. The maximum atomic E-state index is 11.7. The number of hydrogen-bond acceptors (Lipinski definition) is 8. The molecule has 0 atom stereocenters. The number of aromatic nitrogens is 4. The molecule has 11 heteroatoms. The molecule has 1 saturated heterocycles. The fourth-order valence-electron chi connectivity index (χ4n) is 3.97. The van der Waals surface area contributed by atoms with Crippen molar-refractivity contribution in [2.45, 2.75) is 0 Å². The predicted octanol–water partition coefficient (Wildman–Crippen LogP) is 2.65. The quantitative estimate of drug-likeness (QED) is 0.450. The minimum atomic E-state index is -3.14. The summed E-state index contributed by atoms with van der Waals surface area (Å²) in [6.45, 7) is 2.31. The van der Waals surface area contributed by atoms with Crippen molar-refractivity contribution < 1.29 is 13.2 Å². The Bertz CT molecular complexity index is 1410. The molecule has 3 heterocycles. The zero-order valence-electron chi connectivity index (χ0n) is 18.9. The van der Waals surface area contributed by atoms with Gasteiger partial charge in [0, 0.05) is 49.8 Å². The zero-order chi connectivity index (χ0) is 23.7. The Morgan fingerprint density at radius 1 is 0.971 bits per heavy atom. The summed E-state index contributed by atoms with van der Waals surface area (Å²) in [6, 6.07) is 15.6. The van der Waals surface area contributed by atoms with Crippen molar-refractivity contribution in [2.24, 2.45) is 0 Å². The standard InChI is InChI=1S/C23H25N7O3S/c1-33-21-5-3-4-20(14-21)30-22-17(16-25-30)15-24-23(27-22)26-18-6-8-19(9-7-18)28-10-12-29(13-11-28)34(2,31)32/h3-9,14-16H,10-13H2,1-2H3,(H,24,26,27). The molecule has 0 bridgehead atoms. The second kappa shape index (κ2) is 8.92. The molecule has 0 amide bonds. The van der Waals surface area contributed by atoms with E-state index in [2.05, 4.69) is 25.3 Å². The number of methoxy groups -OCH3 is 1. The Balaban J connectivity index is 1.32. The zero-order valence-corrected chi connectivity index (χ0v) is 19.7. The summed E-state index contributed by atoms with van der Waals surface area (Å²) in [6.07, 6.45) is 4.73. The van der Waals surface area contributed by atoms with Gasteiger partial charge >= 0.3 is 0 Å². The Labute approximate surface area is 197 Å². The molecule has 34 heavy (non-hydrogen) atoms. The first-order valence-corrected chi connectivity index (χ1v) is 12.7. The van der Waals surface area contributed by atoms with Crippen LogP contribution in [0.4, 0.5) is 17.3 Å². The van der Waals surface area contributed by atoms with Crippen LogP contribution in [-0.4, -0.2) is 72.0 Å². The topological polar surface area (TPSA) is 105 Å². The Morgan fingerprint density at radius 3 is 2.44 bits per heavy atom. The largest absolute Gasteiger partial charge is 0.497 e. The van der Waals surface area contributed by atoms with E-state index >= 15 is 0 Å². The van der Waals surface area contributed by atoms with E-state index in [1.54, 1.807) is 24.2 Å². The van der Waals surface area contributed by atoms with Crippen molar-refractivity contribution in [3.8, 4) is 11.4 Å². The van der Waals surface area contributed by atoms with Gasteiger partial charge in [-0.05, 0) is 36.4 Å². The second-order valence-electron chi connectivity index (χ2n) is 8.05. The van der Waals surface area contributed by atoms with Crippen molar-refractivity contribution in [3.05, 3.63) is 60.9 Å². The van der Waals surface area contributed by atoms with Crippen molar-refractivity contribution >= 4 is 38.4 Å². The lowest BCUT2D eigenvalue weighted by Gasteiger charge is -2.34. The summed E-state index contributed by atoms with van der Waals surface area (Å²) in [5.41, 5.74) is 3.43. The SMILES string of the molecule is COc1cccc(-n2ncc3cnc(Nc4ccc(N5CCN(S(C)(=O)=O)CC5)cc4)nc32)c1. The van der Waals surface area contributed by atoms with Crippen molar-refractivity contribution in [2.75, 3.05) is 49.8 Å². The summed E-state index contributed by atoms with van der Waals surface area (Å²) < 4.78 is 32.0. The second-order valence-corrected chi connectivity index (χ2v) is 10.0. The average Bonchev–Trinajstić information content (AvgIpc) is 3.27. The minimum Gasteiger partial charge on any atom is -0.497 e. The molecular formula is C23H25N7O3S. The van der Waals surface area contributed by atoms with Crippen LogP contribution in [0.2, 0.25) is 0 Å². The molecule has 1 N–H and O–H groups in total. The third-order valence-electron chi connectivity index (χ3n) is 5.80. The number of anilines is 3. The Hall–Kier alpha value is -3.70. The van der Waals surface area contributed by atoms with E-state index in [-0.39, 0.29) is 0 Å².